The number of β-amino-alcohol motifs (C(OH)–C–C–N with tert-alkyl or cyclic N) is 1. The molecule has 0 aliphatic carbocycles. The normalized spacial score (nSPS) is 20.2. The Morgan fingerprint density at radius 2 is 2.21 bits per heavy atom. The lowest BCUT2D eigenvalue weighted by Gasteiger charge is -2.46. The van der Waals surface area contributed by atoms with Gasteiger partial charge in [0, 0.05) is 33.1 Å². The van der Waals surface area contributed by atoms with Crippen molar-refractivity contribution in [2.75, 3.05) is 26.2 Å². The maximum atomic E-state index is 10.6. The van der Waals surface area contributed by atoms with E-state index < -0.39 is 5.60 Å². The van der Waals surface area contributed by atoms with Crippen LogP contribution in [0.2, 0.25) is 0 Å². The fourth-order valence-corrected chi connectivity index (χ4v) is 1.96. The van der Waals surface area contributed by atoms with Crippen molar-refractivity contribution in [3.05, 3.63) is 0 Å². The van der Waals surface area contributed by atoms with E-state index in [1.54, 1.807) is 0 Å². The molecular formula is C10H20N2O2. The molecule has 1 amide bonds. The van der Waals surface area contributed by atoms with Crippen LogP contribution in [0.1, 0.15) is 26.7 Å². The first kappa shape index (κ1) is 11.5. The Morgan fingerprint density at radius 3 is 2.71 bits per heavy atom. The average Bonchev–Trinajstić information content (AvgIpc) is 2.01. The van der Waals surface area contributed by atoms with Gasteiger partial charge in [0.1, 0.15) is 0 Å². The van der Waals surface area contributed by atoms with Gasteiger partial charge in [0.2, 0.25) is 5.91 Å². The third-order valence-electron chi connectivity index (χ3n) is 2.55. The quantitative estimate of drug-likeness (QED) is 0.655. The molecular weight excluding hydrogens is 180 g/mol. The first-order valence-corrected chi connectivity index (χ1v) is 5.25. The second-order valence-corrected chi connectivity index (χ2v) is 4.17. The largest absolute Gasteiger partial charge is 0.387 e. The van der Waals surface area contributed by atoms with Crippen LogP contribution in [-0.2, 0) is 4.79 Å². The molecule has 14 heavy (non-hydrogen) atoms. The Morgan fingerprint density at radius 1 is 1.57 bits per heavy atom. The number of rotatable bonds is 5. The fraction of sp³-hybridized carbons (Fsp3) is 0.900. The molecule has 0 aromatic carbocycles. The lowest BCUT2D eigenvalue weighted by atomic mass is 9.89. The lowest BCUT2D eigenvalue weighted by molar-refractivity contribution is -0.120. The summed E-state index contributed by atoms with van der Waals surface area (Å²) in [7, 11) is 0. The van der Waals surface area contributed by atoms with Gasteiger partial charge in [-0.2, -0.15) is 0 Å². The molecule has 1 fully saturated rings. The molecule has 0 radical (unpaired) electrons. The molecule has 1 saturated heterocycles. The monoisotopic (exact) mass is 200 g/mol. The number of carbonyl (C=O) groups excluding carboxylic acids is 1. The maximum absolute atomic E-state index is 10.6. The number of aliphatic hydroxyl groups is 1. The van der Waals surface area contributed by atoms with Crippen molar-refractivity contribution in [3.8, 4) is 0 Å². The van der Waals surface area contributed by atoms with Crippen molar-refractivity contribution in [3.63, 3.8) is 0 Å². The van der Waals surface area contributed by atoms with Crippen LogP contribution in [-0.4, -0.2) is 47.7 Å². The van der Waals surface area contributed by atoms with Gasteiger partial charge in [-0.1, -0.05) is 13.3 Å². The molecule has 1 aliphatic heterocycles. The van der Waals surface area contributed by atoms with Crippen molar-refractivity contribution in [1.29, 1.82) is 0 Å². The van der Waals surface area contributed by atoms with Crippen molar-refractivity contribution in [2.24, 2.45) is 0 Å². The predicted octanol–water partition coefficient (Wildman–Crippen LogP) is -0.0307. The van der Waals surface area contributed by atoms with E-state index in [1.165, 1.54) is 6.92 Å². The standard InChI is InChI=1S/C10H20N2O2/c1-3-4-10(14)7-12(8-10)6-5-11-9(2)13/h14H,3-8H2,1-2H3,(H,11,13). The number of amides is 1. The molecule has 0 bridgehead atoms. The minimum atomic E-state index is -0.453. The van der Waals surface area contributed by atoms with Gasteiger partial charge in [0.25, 0.3) is 0 Å². The van der Waals surface area contributed by atoms with Gasteiger partial charge in [-0.05, 0) is 6.42 Å². The van der Waals surface area contributed by atoms with Gasteiger partial charge in [0.15, 0.2) is 0 Å². The zero-order chi connectivity index (χ0) is 10.6. The van der Waals surface area contributed by atoms with Gasteiger partial charge in [-0.15, -0.1) is 0 Å². The summed E-state index contributed by atoms with van der Waals surface area (Å²) in [5.41, 5.74) is -0.453. The second-order valence-electron chi connectivity index (χ2n) is 4.17. The predicted molar refractivity (Wildman–Crippen MR) is 55.0 cm³/mol. The highest BCUT2D eigenvalue weighted by molar-refractivity contribution is 5.72. The zero-order valence-electron chi connectivity index (χ0n) is 9.05. The Hall–Kier alpha value is -0.610. The molecule has 82 valence electrons. The second kappa shape index (κ2) is 4.75. The number of likely N-dealkylation sites (tertiary alicyclic amines) is 1. The molecule has 1 rings (SSSR count). The summed E-state index contributed by atoms with van der Waals surface area (Å²) in [6.07, 6.45) is 1.90. The number of nitrogens with zero attached hydrogens (tertiary/aromatic N) is 1. The van der Waals surface area contributed by atoms with Crippen molar-refractivity contribution in [1.82, 2.24) is 10.2 Å². The van der Waals surface area contributed by atoms with Crippen LogP contribution in [0.15, 0.2) is 0 Å². The van der Waals surface area contributed by atoms with E-state index in [-0.39, 0.29) is 5.91 Å². The highest BCUT2D eigenvalue weighted by atomic mass is 16.3. The lowest BCUT2D eigenvalue weighted by Crippen LogP contribution is -2.62. The van der Waals surface area contributed by atoms with E-state index in [2.05, 4.69) is 17.1 Å². The van der Waals surface area contributed by atoms with Gasteiger partial charge in [0.05, 0.1) is 5.60 Å². The van der Waals surface area contributed by atoms with E-state index in [0.29, 0.717) is 6.54 Å². The molecule has 0 saturated carbocycles. The van der Waals surface area contributed by atoms with E-state index in [1.807, 2.05) is 0 Å². The van der Waals surface area contributed by atoms with Crippen molar-refractivity contribution < 1.29 is 9.90 Å². The van der Waals surface area contributed by atoms with E-state index in [0.717, 1.165) is 32.5 Å². The van der Waals surface area contributed by atoms with Crippen LogP contribution >= 0.6 is 0 Å². The van der Waals surface area contributed by atoms with Crippen LogP contribution in [0.3, 0.4) is 0 Å². The summed E-state index contributed by atoms with van der Waals surface area (Å²) in [6, 6.07) is 0. The topological polar surface area (TPSA) is 52.6 Å². The third-order valence-corrected chi connectivity index (χ3v) is 2.55. The van der Waals surface area contributed by atoms with E-state index in [9.17, 15) is 9.90 Å². The number of carbonyl (C=O) groups is 1. The fourth-order valence-electron chi connectivity index (χ4n) is 1.96. The van der Waals surface area contributed by atoms with E-state index in [4.69, 9.17) is 0 Å². The van der Waals surface area contributed by atoms with Crippen LogP contribution in [0.4, 0.5) is 0 Å². The van der Waals surface area contributed by atoms with Crippen molar-refractivity contribution >= 4 is 5.91 Å². The van der Waals surface area contributed by atoms with Gasteiger partial charge in [-0.3, -0.25) is 9.69 Å². The molecule has 1 heterocycles. The van der Waals surface area contributed by atoms with Crippen molar-refractivity contribution in [2.45, 2.75) is 32.3 Å². The highest BCUT2D eigenvalue weighted by Crippen LogP contribution is 2.24. The average molecular weight is 200 g/mol. The molecule has 0 atom stereocenters. The summed E-state index contributed by atoms with van der Waals surface area (Å²) in [5, 5.41) is 12.6. The summed E-state index contributed by atoms with van der Waals surface area (Å²) in [6.45, 7) is 6.62. The minimum Gasteiger partial charge on any atom is -0.387 e. The first-order valence-electron chi connectivity index (χ1n) is 5.25. The summed E-state index contributed by atoms with van der Waals surface area (Å²) < 4.78 is 0. The minimum absolute atomic E-state index is 0.00865. The Kier molecular flexibility index (Phi) is 3.89. The summed E-state index contributed by atoms with van der Waals surface area (Å²) in [4.78, 5) is 12.7. The van der Waals surface area contributed by atoms with Gasteiger partial charge < -0.3 is 10.4 Å². The Labute approximate surface area is 85.3 Å². The van der Waals surface area contributed by atoms with Crippen LogP contribution in [0, 0.1) is 0 Å². The molecule has 0 spiro atoms. The summed E-state index contributed by atoms with van der Waals surface area (Å²) >= 11 is 0. The molecule has 0 unspecified atom stereocenters. The van der Waals surface area contributed by atoms with Crippen LogP contribution in [0.25, 0.3) is 0 Å². The highest BCUT2D eigenvalue weighted by Gasteiger charge is 2.39. The molecule has 4 heteroatoms. The molecule has 0 aromatic heterocycles. The molecule has 1 aliphatic rings. The van der Waals surface area contributed by atoms with Crippen LogP contribution in [0.5, 0.6) is 0 Å². The number of nitrogens with one attached hydrogen (secondary N) is 1. The maximum Gasteiger partial charge on any atom is 0.216 e. The first-order chi connectivity index (χ1) is 6.56. The molecule has 0 aromatic rings. The number of hydrogen-bond acceptors (Lipinski definition) is 3. The molecule has 4 nitrogen and oxygen atoms in total. The Bertz CT molecular complexity index is 200. The third kappa shape index (κ3) is 3.27. The molecule has 2 N–H and O–H groups in total. The zero-order valence-corrected chi connectivity index (χ0v) is 9.05. The van der Waals surface area contributed by atoms with E-state index >= 15 is 0 Å². The van der Waals surface area contributed by atoms with Gasteiger partial charge >= 0.3 is 0 Å². The summed E-state index contributed by atoms with van der Waals surface area (Å²) in [5.74, 6) is 0.00865. The Balaban J connectivity index is 2.06. The van der Waals surface area contributed by atoms with Gasteiger partial charge in [-0.25, -0.2) is 0 Å². The smallest absolute Gasteiger partial charge is 0.216 e. The number of hydrogen-bond donors (Lipinski definition) is 2. The van der Waals surface area contributed by atoms with Crippen LogP contribution < -0.4 is 5.32 Å². The SMILES string of the molecule is CCCC1(O)CN(CCNC(C)=O)C1.